The maximum absolute atomic E-state index is 13.8. The van der Waals surface area contributed by atoms with Crippen molar-refractivity contribution < 1.29 is 13.2 Å². The predicted molar refractivity (Wildman–Crippen MR) is 101 cm³/mol. The Labute approximate surface area is 162 Å². The second-order valence-electron chi connectivity index (χ2n) is 6.61. The molecule has 0 fully saturated rings. The Kier molecular flexibility index (Phi) is 3.83. The first-order valence-electron chi connectivity index (χ1n) is 8.75. The molecule has 9 heteroatoms. The average molecular weight is 394 g/mol. The van der Waals surface area contributed by atoms with E-state index in [9.17, 15) is 13.2 Å². The molecule has 5 rings (SSSR count). The van der Waals surface area contributed by atoms with Gasteiger partial charge < -0.3 is 0 Å². The Morgan fingerprint density at radius 2 is 1.93 bits per heavy atom. The number of alkyl halides is 2. The lowest BCUT2D eigenvalue weighted by atomic mass is 10.1. The average Bonchev–Trinajstić information content (AvgIpc) is 3.32. The van der Waals surface area contributed by atoms with Gasteiger partial charge in [-0.25, -0.2) is 23.7 Å². The molecule has 0 radical (unpaired) electrons. The summed E-state index contributed by atoms with van der Waals surface area (Å²) >= 11 is 0. The van der Waals surface area contributed by atoms with Crippen LogP contribution in [-0.2, 0) is 0 Å². The first-order valence-corrected chi connectivity index (χ1v) is 8.75. The Hall–Kier alpha value is -3.75. The van der Waals surface area contributed by atoms with Gasteiger partial charge in [-0.1, -0.05) is 0 Å². The number of pyridine rings is 2. The molecule has 1 N–H and O–H groups in total. The van der Waals surface area contributed by atoms with E-state index in [0.29, 0.717) is 22.6 Å². The van der Waals surface area contributed by atoms with Crippen molar-refractivity contribution in [2.45, 2.75) is 13.3 Å². The summed E-state index contributed by atoms with van der Waals surface area (Å²) in [5.74, 6) is -0.286. The molecule has 0 spiro atoms. The number of imidazole rings is 1. The lowest BCUT2D eigenvalue weighted by molar-refractivity contribution is 0.146. The number of rotatable bonds is 3. The molecule has 5 aromatic rings. The van der Waals surface area contributed by atoms with E-state index in [1.54, 1.807) is 16.8 Å². The van der Waals surface area contributed by atoms with Crippen molar-refractivity contribution >= 4 is 22.1 Å². The molecule has 4 aromatic heterocycles. The van der Waals surface area contributed by atoms with Gasteiger partial charge in [0.05, 0.1) is 17.4 Å². The van der Waals surface area contributed by atoms with E-state index in [1.165, 1.54) is 24.4 Å². The number of aryl methyl sites for hydroxylation is 1. The fraction of sp³-hybridized carbons (Fsp3) is 0.100. The van der Waals surface area contributed by atoms with Gasteiger partial charge in [0.1, 0.15) is 17.0 Å². The minimum atomic E-state index is -2.72. The minimum Gasteiger partial charge on any atom is -0.278 e. The van der Waals surface area contributed by atoms with Crippen LogP contribution in [0, 0.1) is 12.9 Å². The highest BCUT2D eigenvalue weighted by Crippen LogP contribution is 2.31. The van der Waals surface area contributed by atoms with Crippen LogP contribution in [-0.4, -0.2) is 29.7 Å². The van der Waals surface area contributed by atoms with Gasteiger partial charge in [-0.2, -0.15) is 9.49 Å². The summed E-state index contributed by atoms with van der Waals surface area (Å²) in [6, 6.07) is 9.31. The van der Waals surface area contributed by atoms with Gasteiger partial charge in [0.25, 0.3) is 6.43 Å². The highest BCUT2D eigenvalue weighted by atomic mass is 19.3. The van der Waals surface area contributed by atoms with E-state index in [2.05, 4.69) is 25.1 Å². The number of aromatic nitrogens is 6. The van der Waals surface area contributed by atoms with E-state index in [4.69, 9.17) is 0 Å². The molecule has 0 unspecified atom stereocenters. The number of benzene rings is 1. The van der Waals surface area contributed by atoms with Crippen molar-refractivity contribution in [2.75, 3.05) is 0 Å². The van der Waals surface area contributed by atoms with Crippen molar-refractivity contribution in [3.63, 3.8) is 0 Å². The minimum absolute atomic E-state index is 0.261. The van der Waals surface area contributed by atoms with Crippen LogP contribution in [0.2, 0.25) is 0 Å². The quantitative estimate of drug-likeness (QED) is 0.449. The molecule has 0 aliphatic carbocycles. The number of aromatic amines is 1. The normalized spacial score (nSPS) is 11.8. The Bertz CT molecular complexity index is 1370. The van der Waals surface area contributed by atoms with Crippen LogP contribution in [0.3, 0.4) is 0 Å². The van der Waals surface area contributed by atoms with Crippen molar-refractivity contribution in [3.05, 3.63) is 66.0 Å². The maximum Gasteiger partial charge on any atom is 0.280 e. The largest absolute Gasteiger partial charge is 0.280 e. The Morgan fingerprint density at radius 3 is 2.72 bits per heavy atom. The first kappa shape index (κ1) is 17.4. The van der Waals surface area contributed by atoms with Crippen LogP contribution in [0.5, 0.6) is 0 Å². The number of hydrogen-bond donors (Lipinski definition) is 1. The van der Waals surface area contributed by atoms with Crippen molar-refractivity contribution in [2.24, 2.45) is 0 Å². The summed E-state index contributed by atoms with van der Waals surface area (Å²) < 4.78 is 42.0. The third-order valence-corrected chi connectivity index (χ3v) is 4.72. The van der Waals surface area contributed by atoms with Crippen molar-refractivity contribution in [1.29, 1.82) is 0 Å². The molecule has 0 saturated heterocycles. The van der Waals surface area contributed by atoms with E-state index in [1.807, 2.05) is 19.1 Å². The first-order chi connectivity index (χ1) is 14.0. The third-order valence-electron chi connectivity index (χ3n) is 4.72. The van der Waals surface area contributed by atoms with E-state index < -0.39 is 12.4 Å². The molecule has 6 nitrogen and oxygen atoms in total. The summed E-state index contributed by atoms with van der Waals surface area (Å²) in [5.41, 5.74) is 3.23. The summed E-state index contributed by atoms with van der Waals surface area (Å²) in [7, 11) is 0. The molecule has 0 atom stereocenters. The van der Waals surface area contributed by atoms with Crippen molar-refractivity contribution in [3.8, 4) is 17.1 Å². The molecule has 0 amide bonds. The standard InChI is InChI=1S/C20H13F3N6/c1-10-6-13(7-12-9-25-28-17(10)12)29-19(11-4-5-24-16(21)8-11)27-15-3-2-14(18(22)23)26-20(15)29/h2-9,18H,1H3,(H,25,28). The molecule has 0 aliphatic rings. The zero-order chi connectivity index (χ0) is 20.1. The zero-order valence-corrected chi connectivity index (χ0v) is 15.1. The lowest BCUT2D eigenvalue weighted by Crippen LogP contribution is -2.01. The Morgan fingerprint density at radius 1 is 1.07 bits per heavy atom. The smallest absolute Gasteiger partial charge is 0.278 e. The van der Waals surface area contributed by atoms with Gasteiger partial charge in [0, 0.05) is 23.2 Å². The van der Waals surface area contributed by atoms with Crippen LogP contribution >= 0.6 is 0 Å². The van der Waals surface area contributed by atoms with Gasteiger partial charge in [0.15, 0.2) is 5.65 Å². The molecular weight excluding hydrogens is 381 g/mol. The molecule has 144 valence electrons. The highest BCUT2D eigenvalue weighted by Gasteiger charge is 2.19. The maximum atomic E-state index is 13.8. The summed E-state index contributed by atoms with van der Waals surface area (Å²) in [6.07, 6.45) is 0.286. The van der Waals surface area contributed by atoms with E-state index in [0.717, 1.165) is 16.5 Å². The van der Waals surface area contributed by atoms with Gasteiger partial charge in [0.2, 0.25) is 5.95 Å². The third kappa shape index (κ3) is 2.82. The van der Waals surface area contributed by atoms with E-state index in [-0.39, 0.29) is 11.3 Å². The van der Waals surface area contributed by atoms with Gasteiger partial charge in [-0.3, -0.25) is 9.67 Å². The van der Waals surface area contributed by atoms with Gasteiger partial charge >= 0.3 is 0 Å². The fourth-order valence-electron chi connectivity index (χ4n) is 3.42. The highest BCUT2D eigenvalue weighted by molar-refractivity contribution is 5.86. The van der Waals surface area contributed by atoms with Crippen LogP contribution in [0.4, 0.5) is 13.2 Å². The number of nitrogens with one attached hydrogen (secondary N) is 1. The van der Waals surface area contributed by atoms with Gasteiger partial charge in [-0.15, -0.1) is 0 Å². The molecule has 0 aliphatic heterocycles. The molecule has 4 heterocycles. The molecule has 0 bridgehead atoms. The van der Waals surface area contributed by atoms with Crippen LogP contribution < -0.4 is 0 Å². The Balaban J connectivity index is 1.86. The van der Waals surface area contributed by atoms with Crippen LogP contribution in [0.1, 0.15) is 17.7 Å². The van der Waals surface area contributed by atoms with Crippen molar-refractivity contribution in [1.82, 2.24) is 29.7 Å². The number of nitrogens with zero attached hydrogens (tertiary/aromatic N) is 5. The topological polar surface area (TPSA) is 72.3 Å². The van der Waals surface area contributed by atoms with E-state index >= 15 is 0 Å². The molecular formula is C20H13F3N6. The summed E-state index contributed by atoms with van der Waals surface area (Å²) in [6.45, 7) is 1.91. The fourth-order valence-corrected chi connectivity index (χ4v) is 3.42. The summed E-state index contributed by atoms with van der Waals surface area (Å²) in [5, 5.41) is 7.83. The second kappa shape index (κ2) is 6.40. The predicted octanol–water partition coefficient (Wildman–Crippen LogP) is 4.74. The number of halogens is 3. The van der Waals surface area contributed by atoms with Crippen LogP contribution in [0.15, 0.2) is 48.8 Å². The SMILES string of the molecule is Cc1cc(-n2c(-c3ccnc(F)c3)nc3ccc(C(F)F)nc32)cc2cn[nH]c12. The lowest BCUT2D eigenvalue weighted by Gasteiger charge is -2.11. The zero-order valence-electron chi connectivity index (χ0n) is 15.1. The summed E-state index contributed by atoms with van der Waals surface area (Å²) in [4.78, 5) is 12.2. The van der Waals surface area contributed by atoms with Gasteiger partial charge in [-0.05, 0) is 42.8 Å². The molecule has 1 aromatic carbocycles. The number of hydrogen-bond acceptors (Lipinski definition) is 4. The molecule has 0 saturated carbocycles. The number of fused-ring (bicyclic) bond motifs is 2. The number of H-pyrrole nitrogens is 1. The second-order valence-corrected chi connectivity index (χ2v) is 6.61. The monoisotopic (exact) mass is 394 g/mol. The van der Waals surface area contributed by atoms with Crippen LogP contribution in [0.25, 0.3) is 39.1 Å². The molecule has 29 heavy (non-hydrogen) atoms.